The van der Waals surface area contributed by atoms with E-state index in [4.69, 9.17) is 4.74 Å². The SMILES string of the molecule is O=C(Nc1cccc(Br)c1)N1CCS[C@@H]1c1ccc(OCc2ccccc2)cc1. The molecule has 29 heavy (non-hydrogen) atoms. The average molecular weight is 469 g/mol. The molecule has 3 aromatic rings. The van der Waals surface area contributed by atoms with E-state index in [9.17, 15) is 4.79 Å². The largest absolute Gasteiger partial charge is 0.489 e. The number of nitrogens with zero attached hydrogens (tertiary/aromatic N) is 1. The number of carbonyl (C=O) groups excluding carboxylic acids is 1. The molecule has 0 aliphatic carbocycles. The molecule has 1 aliphatic rings. The first kappa shape index (κ1) is 19.9. The van der Waals surface area contributed by atoms with Crippen LogP contribution in [0.1, 0.15) is 16.5 Å². The summed E-state index contributed by atoms with van der Waals surface area (Å²) in [5.74, 6) is 1.74. The molecule has 4 rings (SSSR count). The van der Waals surface area contributed by atoms with Crippen molar-refractivity contribution in [1.82, 2.24) is 4.90 Å². The number of thioether (sulfide) groups is 1. The highest BCUT2D eigenvalue weighted by atomic mass is 79.9. The highest BCUT2D eigenvalue weighted by Gasteiger charge is 2.30. The zero-order chi connectivity index (χ0) is 20.1. The lowest BCUT2D eigenvalue weighted by Gasteiger charge is -2.24. The molecule has 1 aliphatic heterocycles. The number of amides is 2. The zero-order valence-electron chi connectivity index (χ0n) is 15.8. The molecule has 1 heterocycles. The third kappa shape index (κ3) is 5.14. The van der Waals surface area contributed by atoms with Gasteiger partial charge in [0.25, 0.3) is 0 Å². The maximum Gasteiger partial charge on any atom is 0.323 e. The van der Waals surface area contributed by atoms with Crippen LogP contribution < -0.4 is 10.1 Å². The Kier molecular flexibility index (Phi) is 6.42. The van der Waals surface area contributed by atoms with E-state index in [0.29, 0.717) is 6.61 Å². The number of hydrogen-bond donors (Lipinski definition) is 1. The van der Waals surface area contributed by atoms with E-state index in [2.05, 4.69) is 21.2 Å². The minimum absolute atomic E-state index is 0.00493. The molecular formula is C23H21BrN2O2S. The summed E-state index contributed by atoms with van der Waals surface area (Å²) in [4.78, 5) is 14.7. The lowest BCUT2D eigenvalue weighted by Crippen LogP contribution is -2.34. The van der Waals surface area contributed by atoms with Gasteiger partial charge in [-0.25, -0.2) is 4.79 Å². The number of hydrogen-bond acceptors (Lipinski definition) is 3. The van der Waals surface area contributed by atoms with Crippen LogP contribution in [0.5, 0.6) is 5.75 Å². The van der Waals surface area contributed by atoms with Crippen LogP contribution in [0.4, 0.5) is 10.5 Å². The predicted molar refractivity (Wildman–Crippen MR) is 122 cm³/mol. The van der Waals surface area contributed by atoms with Crippen LogP contribution in [0.15, 0.2) is 83.3 Å². The van der Waals surface area contributed by atoms with E-state index >= 15 is 0 Å². The van der Waals surface area contributed by atoms with E-state index in [-0.39, 0.29) is 11.4 Å². The highest BCUT2D eigenvalue weighted by Crippen LogP contribution is 2.38. The molecule has 148 valence electrons. The fraction of sp³-hybridized carbons (Fsp3) is 0.174. The van der Waals surface area contributed by atoms with E-state index in [0.717, 1.165) is 39.3 Å². The fourth-order valence-corrected chi connectivity index (χ4v) is 4.84. The van der Waals surface area contributed by atoms with Crippen LogP contribution in [-0.4, -0.2) is 23.2 Å². The van der Waals surface area contributed by atoms with Gasteiger partial charge in [0.1, 0.15) is 17.7 Å². The summed E-state index contributed by atoms with van der Waals surface area (Å²) in [6.45, 7) is 1.26. The van der Waals surface area contributed by atoms with Gasteiger partial charge in [-0.2, -0.15) is 0 Å². The van der Waals surface area contributed by atoms with Gasteiger partial charge in [-0.1, -0.05) is 64.5 Å². The Labute approximate surface area is 183 Å². The maximum absolute atomic E-state index is 12.8. The van der Waals surface area contributed by atoms with Crippen molar-refractivity contribution in [2.24, 2.45) is 0 Å². The molecule has 1 saturated heterocycles. The number of urea groups is 1. The average Bonchev–Trinajstić information content (AvgIpc) is 3.23. The topological polar surface area (TPSA) is 41.6 Å². The van der Waals surface area contributed by atoms with E-state index in [1.165, 1.54) is 0 Å². The summed E-state index contributed by atoms with van der Waals surface area (Å²) in [6.07, 6.45) is 0. The zero-order valence-corrected chi connectivity index (χ0v) is 18.2. The lowest BCUT2D eigenvalue weighted by atomic mass is 10.2. The van der Waals surface area contributed by atoms with Crippen molar-refractivity contribution >= 4 is 39.4 Å². The van der Waals surface area contributed by atoms with Crippen LogP contribution in [0.3, 0.4) is 0 Å². The second kappa shape index (κ2) is 9.37. The summed E-state index contributed by atoms with van der Waals surface area (Å²) >= 11 is 5.21. The minimum Gasteiger partial charge on any atom is -0.489 e. The Morgan fingerprint density at radius 1 is 1.07 bits per heavy atom. The van der Waals surface area contributed by atoms with Crippen molar-refractivity contribution in [2.45, 2.75) is 12.0 Å². The first-order chi connectivity index (χ1) is 14.2. The molecule has 4 nitrogen and oxygen atoms in total. The number of benzene rings is 3. The third-order valence-corrected chi connectivity index (χ3v) is 6.40. The van der Waals surface area contributed by atoms with Gasteiger partial charge in [0, 0.05) is 22.5 Å². The van der Waals surface area contributed by atoms with Crippen LogP contribution in [0.2, 0.25) is 0 Å². The minimum atomic E-state index is -0.0810. The second-order valence-corrected chi connectivity index (χ2v) is 8.80. The summed E-state index contributed by atoms with van der Waals surface area (Å²) < 4.78 is 6.81. The Balaban J connectivity index is 1.39. The van der Waals surface area contributed by atoms with Crippen molar-refractivity contribution in [3.63, 3.8) is 0 Å². The monoisotopic (exact) mass is 468 g/mol. The first-order valence-corrected chi connectivity index (χ1v) is 11.2. The van der Waals surface area contributed by atoms with Gasteiger partial charge in [0.05, 0.1) is 0 Å². The molecule has 0 spiro atoms. The molecular weight excluding hydrogens is 448 g/mol. The Bertz CT molecular complexity index is 966. The number of anilines is 1. The van der Waals surface area contributed by atoms with Gasteiger partial charge in [0.2, 0.25) is 0 Å². The molecule has 1 N–H and O–H groups in total. The second-order valence-electron chi connectivity index (χ2n) is 6.70. The van der Waals surface area contributed by atoms with Crippen molar-refractivity contribution in [3.8, 4) is 5.75 Å². The molecule has 0 radical (unpaired) electrons. The summed E-state index contributed by atoms with van der Waals surface area (Å²) in [7, 11) is 0. The van der Waals surface area contributed by atoms with Gasteiger partial charge in [0.15, 0.2) is 0 Å². The van der Waals surface area contributed by atoms with Crippen molar-refractivity contribution in [2.75, 3.05) is 17.6 Å². The van der Waals surface area contributed by atoms with E-state index in [1.54, 1.807) is 11.8 Å². The number of rotatable bonds is 5. The summed E-state index contributed by atoms with van der Waals surface area (Å²) in [5.41, 5.74) is 3.02. The van der Waals surface area contributed by atoms with Gasteiger partial charge in [-0.05, 0) is 41.5 Å². The number of carbonyl (C=O) groups is 1. The molecule has 2 amide bonds. The standard InChI is InChI=1S/C23H21BrN2O2S/c24-19-7-4-8-20(15-19)25-23(27)26-13-14-29-22(26)18-9-11-21(12-10-18)28-16-17-5-2-1-3-6-17/h1-12,15,22H,13-14,16H2,(H,25,27)/t22-/m1/s1. The number of halogens is 1. The van der Waals surface area contributed by atoms with Gasteiger partial charge in [-0.3, -0.25) is 0 Å². The van der Waals surface area contributed by atoms with Crippen LogP contribution in [0.25, 0.3) is 0 Å². The van der Waals surface area contributed by atoms with Crippen LogP contribution >= 0.6 is 27.7 Å². The molecule has 0 aromatic heterocycles. The molecule has 0 bridgehead atoms. The maximum atomic E-state index is 12.8. The van der Waals surface area contributed by atoms with Crippen molar-refractivity contribution < 1.29 is 9.53 Å². The predicted octanol–water partition coefficient (Wildman–Crippen LogP) is 6.31. The fourth-order valence-electron chi connectivity index (χ4n) is 3.19. The molecule has 0 saturated carbocycles. The summed E-state index contributed by atoms with van der Waals surface area (Å²) in [5, 5.41) is 3.00. The third-order valence-electron chi connectivity index (χ3n) is 4.64. The van der Waals surface area contributed by atoms with Crippen molar-refractivity contribution in [3.05, 3.63) is 94.5 Å². The number of ether oxygens (including phenoxy) is 1. The van der Waals surface area contributed by atoms with Gasteiger partial charge >= 0.3 is 6.03 Å². The van der Waals surface area contributed by atoms with E-state index < -0.39 is 0 Å². The first-order valence-electron chi connectivity index (χ1n) is 9.40. The Morgan fingerprint density at radius 2 is 1.86 bits per heavy atom. The van der Waals surface area contributed by atoms with E-state index in [1.807, 2.05) is 83.8 Å². The Hall–Kier alpha value is -2.44. The lowest BCUT2D eigenvalue weighted by molar-refractivity contribution is 0.214. The molecule has 3 aromatic carbocycles. The molecule has 6 heteroatoms. The molecule has 0 unspecified atom stereocenters. The Morgan fingerprint density at radius 3 is 2.62 bits per heavy atom. The molecule has 1 fully saturated rings. The van der Waals surface area contributed by atoms with Gasteiger partial charge < -0.3 is 15.0 Å². The summed E-state index contributed by atoms with van der Waals surface area (Å²) in [6, 6.07) is 25.7. The number of nitrogens with one attached hydrogen (secondary N) is 1. The highest BCUT2D eigenvalue weighted by molar-refractivity contribution is 9.10. The van der Waals surface area contributed by atoms with Gasteiger partial charge in [-0.15, -0.1) is 11.8 Å². The smallest absolute Gasteiger partial charge is 0.323 e. The normalized spacial score (nSPS) is 15.9. The quantitative estimate of drug-likeness (QED) is 0.476. The molecule has 1 atom stereocenters. The van der Waals surface area contributed by atoms with Crippen molar-refractivity contribution in [1.29, 1.82) is 0 Å². The van der Waals surface area contributed by atoms with Crippen LogP contribution in [-0.2, 0) is 6.61 Å². The van der Waals surface area contributed by atoms with Crippen LogP contribution in [0, 0.1) is 0 Å².